The number of carbonyl (C=O) groups excluding carboxylic acids is 2. The Morgan fingerprint density at radius 3 is 2.47 bits per heavy atom. The molecule has 0 amide bonds. The molecule has 11 heteroatoms. The molecule has 2 aromatic rings. The molecule has 36 heavy (non-hydrogen) atoms. The summed E-state index contributed by atoms with van der Waals surface area (Å²) in [7, 11) is 4.05. The van der Waals surface area contributed by atoms with E-state index in [2.05, 4.69) is 8.75 Å². The second-order valence-electron chi connectivity index (χ2n) is 8.71. The van der Waals surface area contributed by atoms with Crippen LogP contribution in [0.5, 0.6) is 0 Å². The van der Waals surface area contributed by atoms with Crippen molar-refractivity contribution >= 4 is 40.1 Å². The SMILES string of the molecule is COC1=CC(C(=O)C(CC2CCCC2)=C(C(=O)[O-])c2ccc3nsnc3c2)=CC(O)(OC)C1OC.[Na+]. The van der Waals surface area contributed by atoms with E-state index in [1.54, 1.807) is 18.2 Å². The smallest absolute Gasteiger partial charge is 0.545 e. The van der Waals surface area contributed by atoms with Gasteiger partial charge in [-0.15, -0.1) is 0 Å². The number of hydrogen-bond donors (Lipinski definition) is 1. The molecule has 2 unspecified atom stereocenters. The maximum Gasteiger partial charge on any atom is 1.00 e. The van der Waals surface area contributed by atoms with Gasteiger partial charge in [0.2, 0.25) is 5.79 Å². The molecule has 4 rings (SSSR count). The molecule has 2 aliphatic rings. The summed E-state index contributed by atoms with van der Waals surface area (Å²) < 4.78 is 24.3. The van der Waals surface area contributed by atoms with Gasteiger partial charge in [0, 0.05) is 30.9 Å². The molecule has 186 valence electrons. The minimum absolute atomic E-state index is 0. The standard InChI is InChI=1S/C25H28N2O7S.Na/c1-32-20-12-16(13-25(31,34-3)23(20)33-2)22(28)17(10-14-6-4-5-7-14)21(24(29)30)15-8-9-18-19(11-15)27-35-26-18;/h8-9,11-14,23,31H,4-7,10H2,1-3H3,(H,29,30);/q;+1/p-1. The van der Waals surface area contributed by atoms with Crippen LogP contribution in [0.2, 0.25) is 0 Å². The van der Waals surface area contributed by atoms with Crippen LogP contribution in [0.1, 0.15) is 37.7 Å². The number of carbonyl (C=O) groups is 2. The number of carboxylic acids is 1. The van der Waals surface area contributed by atoms with Crippen LogP contribution in [0.25, 0.3) is 16.6 Å². The molecule has 0 spiro atoms. The number of Topliss-reactive ketones (excluding diaryl/α,β-unsaturated/α-hetero) is 1. The summed E-state index contributed by atoms with van der Waals surface area (Å²) in [4.78, 5) is 26.4. The molecule has 0 saturated heterocycles. The number of hydrogen-bond acceptors (Lipinski definition) is 10. The summed E-state index contributed by atoms with van der Waals surface area (Å²) in [5.41, 5.74) is 1.44. The topological polar surface area (TPSA) is 131 Å². The van der Waals surface area contributed by atoms with Gasteiger partial charge in [-0.1, -0.05) is 31.7 Å². The van der Waals surface area contributed by atoms with Crippen molar-refractivity contribution in [1.29, 1.82) is 0 Å². The second kappa shape index (κ2) is 12.1. The zero-order chi connectivity index (χ0) is 25.2. The van der Waals surface area contributed by atoms with Crippen molar-refractivity contribution in [2.24, 2.45) is 5.92 Å². The largest absolute Gasteiger partial charge is 1.00 e. The van der Waals surface area contributed by atoms with Crippen molar-refractivity contribution in [1.82, 2.24) is 8.75 Å². The fourth-order valence-electron chi connectivity index (χ4n) is 4.86. The molecule has 1 saturated carbocycles. The van der Waals surface area contributed by atoms with Gasteiger partial charge in [-0.2, -0.15) is 8.75 Å². The van der Waals surface area contributed by atoms with Gasteiger partial charge in [-0.25, -0.2) is 0 Å². The predicted octanol–water partition coefficient (Wildman–Crippen LogP) is -0.831. The molecule has 1 aromatic heterocycles. The number of aromatic nitrogens is 2. The van der Waals surface area contributed by atoms with Gasteiger partial charge in [0.05, 0.1) is 24.8 Å². The number of ether oxygens (including phenoxy) is 3. The fraction of sp³-hybridized carbons (Fsp3) is 0.440. The first-order valence-electron chi connectivity index (χ1n) is 11.3. The van der Waals surface area contributed by atoms with Crippen LogP contribution >= 0.6 is 11.7 Å². The van der Waals surface area contributed by atoms with Crippen molar-refractivity contribution in [3.63, 3.8) is 0 Å². The molecule has 0 radical (unpaired) electrons. The summed E-state index contributed by atoms with van der Waals surface area (Å²) in [6, 6.07) is 4.88. The van der Waals surface area contributed by atoms with E-state index in [0.717, 1.165) is 37.4 Å². The van der Waals surface area contributed by atoms with Crippen LogP contribution in [0.3, 0.4) is 0 Å². The Morgan fingerprint density at radius 2 is 1.86 bits per heavy atom. The molecule has 9 nitrogen and oxygen atoms in total. The number of rotatable bonds is 9. The fourth-order valence-corrected chi connectivity index (χ4v) is 5.38. The van der Waals surface area contributed by atoms with Gasteiger partial charge in [0.1, 0.15) is 16.8 Å². The van der Waals surface area contributed by atoms with Gasteiger partial charge >= 0.3 is 29.6 Å². The van der Waals surface area contributed by atoms with Crippen LogP contribution in [0.4, 0.5) is 0 Å². The molecule has 2 atom stereocenters. The first-order valence-corrected chi connectivity index (χ1v) is 12.0. The van der Waals surface area contributed by atoms with Crippen LogP contribution in [-0.2, 0) is 23.8 Å². The number of methoxy groups -OCH3 is 3. The number of nitrogens with zero attached hydrogens (tertiary/aromatic N) is 2. The van der Waals surface area contributed by atoms with Gasteiger partial charge in [-0.05, 0) is 42.2 Å². The van der Waals surface area contributed by atoms with E-state index in [4.69, 9.17) is 14.2 Å². The number of aliphatic carboxylic acids is 1. The van der Waals surface area contributed by atoms with Crippen LogP contribution in [0, 0.1) is 5.92 Å². The molecule has 1 fully saturated rings. The second-order valence-corrected chi connectivity index (χ2v) is 9.24. The van der Waals surface area contributed by atoms with Crippen LogP contribution in [-0.4, -0.2) is 58.8 Å². The molecular weight excluding hydrogens is 495 g/mol. The van der Waals surface area contributed by atoms with E-state index < -0.39 is 23.6 Å². The monoisotopic (exact) mass is 522 g/mol. The van der Waals surface area contributed by atoms with Crippen molar-refractivity contribution in [3.05, 3.63) is 52.8 Å². The average molecular weight is 523 g/mol. The third-order valence-corrected chi connectivity index (χ3v) is 7.20. The van der Waals surface area contributed by atoms with Crippen molar-refractivity contribution in [2.45, 2.75) is 44.0 Å². The Labute approximate surface area is 235 Å². The predicted molar refractivity (Wildman–Crippen MR) is 127 cm³/mol. The average Bonchev–Trinajstić information content (AvgIpc) is 3.54. The number of allylic oxidation sites excluding steroid dienone is 3. The van der Waals surface area contributed by atoms with Crippen molar-refractivity contribution in [2.75, 3.05) is 21.3 Å². The first kappa shape index (κ1) is 28.6. The maximum absolute atomic E-state index is 13.9. The van der Waals surface area contributed by atoms with E-state index in [0.29, 0.717) is 16.6 Å². The minimum Gasteiger partial charge on any atom is -0.545 e. The van der Waals surface area contributed by atoms with Crippen LogP contribution in [0.15, 0.2) is 47.3 Å². The van der Waals surface area contributed by atoms with Gasteiger partial charge < -0.3 is 29.2 Å². The maximum atomic E-state index is 13.9. The van der Waals surface area contributed by atoms with Gasteiger partial charge in [-0.3, -0.25) is 4.79 Å². The Balaban J connectivity index is 0.00000361. The van der Waals surface area contributed by atoms with Gasteiger partial charge in [0.15, 0.2) is 11.9 Å². The van der Waals surface area contributed by atoms with E-state index in [1.807, 2.05) is 0 Å². The summed E-state index contributed by atoms with van der Waals surface area (Å²) in [5, 5.41) is 23.5. The Bertz CT molecular complexity index is 1230. The summed E-state index contributed by atoms with van der Waals surface area (Å²) in [6.07, 6.45) is 5.80. The van der Waals surface area contributed by atoms with E-state index in [-0.39, 0.29) is 64.4 Å². The van der Waals surface area contributed by atoms with Crippen molar-refractivity contribution < 1.29 is 63.6 Å². The minimum atomic E-state index is -1.98. The third-order valence-electron chi connectivity index (χ3n) is 6.64. The molecular formula is C25H27N2NaO7S. The zero-order valence-corrected chi connectivity index (χ0v) is 23.6. The summed E-state index contributed by atoms with van der Waals surface area (Å²) >= 11 is 1.02. The van der Waals surface area contributed by atoms with Crippen molar-refractivity contribution in [3.8, 4) is 0 Å². The van der Waals surface area contributed by atoms with E-state index >= 15 is 0 Å². The number of benzene rings is 1. The first-order chi connectivity index (χ1) is 16.8. The summed E-state index contributed by atoms with van der Waals surface area (Å²) in [6.45, 7) is 0. The van der Waals surface area contributed by atoms with Gasteiger partial charge in [0.25, 0.3) is 0 Å². The summed E-state index contributed by atoms with van der Waals surface area (Å²) in [5.74, 6) is -3.65. The number of carboxylic acid groups (broad SMARTS) is 1. The number of fused-ring (bicyclic) bond motifs is 1. The quantitative estimate of drug-likeness (QED) is 0.255. The Hall–Kier alpha value is -1.92. The molecule has 1 N–H and O–H groups in total. The molecule has 2 aliphatic carbocycles. The number of ketones is 1. The Kier molecular flexibility index (Phi) is 9.62. The third kappa shape index (κ3) is 5.65. The number of aliphatic hydroxyl groups is 1. The zero-order valence-electron chi connectivity index (χ0n) is 20.8. The van der Waals surface area contributed by atoms with Crippen LogP contribution < -0.4 is 34.7 Å². The Morgan fingerprint density at radius 1 is 1.17 bits per heavy atom. The van der Waals surface area contributed by atoms with E-state index in [9.17, 15) is 19.8 Å². The molecule has 0 bridgehead atoms. The molecule has 1 heterocycles. The normalized spacial score (nSPS) is 22.9. The van der Waals surface area contributed by atoms with E-state index in [1.165, 1.54) is 33.5 Å². The molecule has 0 aliphatic heterocycles. The molecule has 1 aromatic carbocycles.